The van der Waals surface area contributed by atoms with Crippen molar-refractivity contribution in [2.75, 3.05) is 13.1 Å². The van der Waals surface area contributed by atoms with E-state index < -0.39 is 5.60 Å². The maximum atomic E-state index is 13.7. The number of ether oxygens (including phenoxy) is 2. The molecule has 0 N–H and O–H groups in total. The molecule has 0 unspecified atom stereocenters. The number of carbonyl (C=O) groups excluding carboxylic acids is 1. The molecule has 2 heterocycles. The zero-order chi connectivity index (χ0) is 16.7. The summed E-state index contributed by atoms with van der Waals surface area (Å²) >= 11 is 0. The molecule has 1 amide bonds. The van der Waals surface area contributed by atoms with Crippen LogP contribution in [-0.2, 0) is 9.47 Å². The van der Waals surface area contributed by atoms with Gasteiger partial charge in [-0.3, -0.25) is 0 Å². The Hall–Kier alpha value is -2.04. The summed E-state index contributed by atoms with van der Waals surface area (Å²) in [4.78, 5) is 13.8. The Balaban J connectivity index is 1.60. The van der Waals surface area contributed by atoms with Crippen LogP contribution in [0.5, 0.6) is 0 Å². The van der Waals surface area contributed by atoms with E-state index in [9.17, 15) is 9.18 Å². The quantitative estimate of drug-likeness (QED) is 0.736. The first-order chi connectivity index (χ1) is 10.8. The molecular formula is C18H22FNO3. The highest BCUT2D eigenvalue weighted by Crippen LogP contribution is 2.50. The Morgan fingerprint density at radius 1 is 1.30 bits per heavy atom. The van der Waals surface area contributed by atoms with Gasteiger partial charge in [-0.1, -0.05) is 18.2 Å². The highest BCUT2D eigenvalue weighted by atomic mass is 19.1. The fraction of sp³-hybridized carbons (Fsp3) is 0.500. The monoisotopic (exact) mass is 319 g/mol. The van der Waals surface area contributed by atoms with Crippen LogP contribution < -0.4 is 0 Å². The summed E-state index contributed by atoms with van der Waals surface area (Å²) in [5.74, 6) is 0.559. The molecule has 5 heteroatoms. The highest BCUT2D eigenvalue weighted by Gasteiger charge is 2.54. The van der Waals surface area contributed by atoms with Gasteiger partial charge in [0.05, 0.1) is 0 Å². The molecule has 1 aromatic carbocycles. The maximum absolute atomic E-state index is 13.7. The Morgan fingerprint density at radius 3 is 2.57 bits per heavy atom. The summed E-state index contributed by atoms with van der Waals surface area (Å²) in [6, 6.07) is 6.63. The number of carbonyl (C=O) groups is 1. The number of nitrogens with zero attached hydrogens (tertiary/aromatic N) is 1. The van der Waals surface area contributed by atoms with Crippen molar-refractivity contribution < 1.29 is 18.7 Å². The lowest BCUT2D eigenvalue weighted by atomic mass is 9.95. The van der Waals surface area contributed by atoms with Gasteiger partial charge in [-0.15, -0.1) is 0 Å². The summed E-state index contributed by atoms with van der Waals surface area (Å²) in [5, 5.41) is 0. The van der Waals surface area contributed by atoms with Crippen LogP contribution in [0.1, 0.15) is 39.2 Å². The summed E-state index contributed by atoms with van der Waals surface area (Å²) in [6.07, 6.45) is 2.91. The van der Waals surface area contributed by atoms with Gasteiger partial charge in [0.2, 0.25) is 0 Å². The van der Waals surface area contributed by atoms with Crippen molar-refractivity contribution in [3.05, 3.63) is 41.4 Å². The number of rotatable bonds is 1. The molecule has 23 heavy (non-hydrogen) atoms. The second-order valence-electron chi connectivity index (χ2n) is 7.09. The van der Waals surface area contributed by atoms with Crippen LogP contribution in [0.4, 0.5) is 9.18 Å². The minimum Gasteiger partial charge on any atom is -0.479 e. The van der Waals surface area contributed by atoms with Crippen LogP contribution in [0.25, 0.3) is 6.08 Å². The van der Waals surface area contributed by atoms with Crippen molar-refractivity contribution in [3.63, 3.8) is 0 Å². The van der Waals surface area contributed by atoms with Crippen LogP contribution in [0.2, 0.25) is 0 Å². The molecule has 2 aliphatic rings. The molecule has 0 radical (unpaired) electrons. The third-order valence-corrected chi connectivity index (χ3v) is 4.13. The van der Waals surface area contributed by atoms with Crippen molar-refractivity contribution in [3.8, 4) is 0 Å². The van der Waals surface area contributed by atoms with E-state index in [2.05, 4.69) is 0 Å². The number of likely N-dealkylation sites (tertiary alicyclic amines) is 1. The molecular weight excluding hydrogens is 297 g/mol. The molecule has 4 nitrogen and oxygen atoms in total. The van der Waals surface area contributed by atoms with E-state index in [4.69, 9.17) is 9.47 Å². The number of epoxide rings is 1. The lowest BCUT2D eigenvalue weighted by Gasteiger charge is -2.31. The number of halogens is 1. The SMILES string of the molecule is CC(C)(C)OC(=O)N1CCC2(CC1)O/C2=C\c1ccccc1F. The van der Waals surface area contributed by atoms with Crippen molar-refractivity contribution in [2.24, 2.45) is 0 Å². The Kier molecular flexibility index (Phi) is 3.82. The van der Waals surface area contributed by atoms with Gasteiger partial charge in [-0.25, -0.2) is 9.18 Å². The number of amides is 1. The molecule has 2 aliphatic heterocycles. The summed E-state index contributed by atoms with van der Waals surface area (Å²) < 4.78 is 24.8. The highest BCUT2D eigenvalue weighted by molar-refractivity contribution is 5.68. The predicted molar refractivity (Wildman–Crippen MR) is 85.2 cm³/mol. The average Bonchev–Trinajstić information content (AvgIpc) is 3.12. The van der Waals surface area contributed by atoms with E-state index in [-0.39, 0.29) is 17.5 Å². The fourth-order valence-corrected chi connectivity index (χ4v) is 2.80. The average molecular weight is 319 g/mol. The second-order valence-corrected chi connectivity index (χ2v) is 7.09. The van der Waals surface area contributed by atoms with Gasteiger partial charge in [-0.2, -0.15) is 0 Å². The Bertz CT molecular complexity index is 640. The third kappa shape index (κ3) is 3.49. The van der Waals surface area contributed by atoms with E-state index in [1.165, 1.54) is 6.07 Å². The first kappa shape index (κ1) is 15.8. The van der Waals surface area contributed by atoms with E-state index in [0.717, 1.165) is 5.76 Å². The number of piperidine rings is 1. The van der Waals surface area contributed by atoms with Crippen molar-refractivity contribution in [1.82, 2.24) is 4.90 Å². The summed E-state index contributed by atoms with van der Waals surface area (Å²) in [5.41, 5.74) is -0.270. The normalized spacial score (nSPS) is 21.2. The van der Waals surface area contributed by atoms with Crippen molar-refractivity contribution in [1.29, 1.82) is 0 Å². The lowest BCUT2D eigenvalue weighted by Crippen LogP contribution is -2.43. The van der Waals surface area contributed by atoms with Crippen LogP contribution in [-0.4, -0.2) is 35.3 Å². The minimum atomic E-state index is -0.488. The molecule has 0 bridgehead atoms. The number of hydrogen-bond acceptors (Lipinski definition) is 3. The molecule has 0 aromatic heterocycles. The van der Waals surface area contributed by atoms with Gasteiger partial charge in [0.1, 0.15) is 17.2 Å². The van der Waals surface area contributed by atoms with Crippen LogP contribution in [0.3, 0.4) is 0 Å². The van der Waals surface area contributed by atoms with Gasteiger partial charge in [-0.05, 0) is 32.9 Å². The molecule has 124 valence electrons. The molecule has 3 rings (SSSR count). The molecule has 0 saturated carbocycles. The van der Waals surface area contributed by atoms with Crippen LogP contribution in [0.15, 0.2) is 30.0 Å². The molecule has 1 spiro atoms. The first-order valence-electron chi connectivity index (χ1n) is 7.93. The van der Waals surface area contributed by atoms with Crippen molar-refractivity contribution in [2.45, 2.75) is 44.8 Å². The topological polar surface area (TPSA) is 42.1 Å². The van der Waals surface area contributed by atoms with E-state index >= 15 is 0 Å². The Morgan fingerprint density at radius 2 is 1.96 bits per heavy atom. The van der Waals surface area contributed by atoms with Gasteiger partial charge in [0.15, 0.2) is 5.60 Å². The predicted octanol–water partition coefficient (Wildman–Crippen LogP) is 3.97. The first-order valence-corrected chi connectivity index (χ1v) is 7.93. The summed E-state index contributed by atoms with van der Waals surface area (Å²) in [7, 11) is 0. The van der Waals surface area contributed by atoms with E-state index in [0.29, 0.717) is 31.5 Å². The molecule has 0 aliphatic carbocycles. The van der Waals surface area contributed by atoms with E-state index in [1.54, 1.807) is 29.2 Å². The van der Waals surface area contributed by atoms with Gasteiger partial charge in [0.25, 0.3) is 0 Å². The van der Waals surface area contributed by atoms with Crippen LogP contribution in [0, 0.1) is 5.82 Å². The van der Waals surface area contributed by atoms with Crippen LogP contribution >= 0.6 is 0 Å². The summed E-state index contributed by atoms with van der Waals surface area (Å²) in [6.45, 7) is 6.74. The zero-order valence-corrected chi connectivity index (χ0v) is 13.8. The molecule has 2 fully saturated rings. The fourth-order valence-electron chi connectivity index (χ4n) is 2.80. The van der Waals surface area contributed by atoms with Crippen molar-refractivity contribution >= 4 is 12.2 Å². The smallest absolute Gasteiger partial charge is 0.410 e. The Labute approximate surface area is 135 Å². The number of hydrogen-bond donors (Lipinski definition) is 0. The third-order valence-electron chi connectivity index (χ3n) is 4.13. The largest absolute Gasteiger partial charge is 0.479 e. The number of benzene rings is 1. The standard InChI is InChI=1S/C18H22FNO3/c1-17(2,3)23-16(21)20-10-8-18(9-11-20)15(22-18)12-13-6-4-5-7-14(13)19/h4-7,12H,8-11H2,1-3H3/b15-12-. The molecule has 0 atom stereocenters. The van der Waals surface area contributed by atoms with Gasteiger partial charge < -0.3 is 14.4 Å². The minimum absolute atomic E-state index is 0.253. The van der Waals surface area contributed by atoms with Gasteiger partial charge in [0, 0.05) is 31.5 Å². The second kappa shape index (κ2) is 5.55. The molecule has 2 saturated heterocycles. The maximum Gasteiger partial charge on any atom is 0.410 e. The lowest BCUT2D eigenvalue weighted by molar-refractivity contribution is 0.0165. The molecule has 1 aromatic rings. The van der Waals surface area contributed by atoms with E-state index in [1.807, 2.05) is 20.8 Å². The van der Waals surface area contributed by atoms with Gasteiger partial charge >= 0.3 is 6.09 Å². The zero-order valence-electron chi connectivity index (χ0n) is 13.8.